The molecule has 1 saturated heterocycles. The molecule has 10 heteroatoms. The van der Waals surface area contributed by atoms with Crippen LogP contribution in [0.1, 0.15) is 16.1 Å². The van der Waals surface area contributed by atoms with E-state index in [2.05, 4.69) is 19.9 Å². The molecular weight excluding hydrogens is 398 g/mol. The van der Waals surface area contributed by atoms with Crippen molar-refractivity contribution in [2.75, 3.05) is 36.0 Å². The van der Waals surface area contributed by atoms with E-state index >= 15 is 0 Å². The van der Waals surface area contributed by atoms with Gasteiger partial charge in [-0.15, -0.1) is 0 Å². The maximum absolute atomic E-state index is 11.7. The van der Waals surface area contributed by atoms with Crippen LogP contribution in [0.5, 0.6) is 0 Å². The third-order valence-electron chi connectivity index (χ3n) is 5.11. The van der Waals surface area contributed by atoms with Crippen molar-refractivity contribution in [1.29, 1.82) is 0 Å². The van der Waals surface area contributed by atoms with E-state index in [0.717, 1.165) is 11.5 Å². The molecule has 0 aliphatic carbocycles. The van der Waals surface area contributed by atoms with E-state index in [-0.39, 0.29) is 5.69 Å². The lowest BCUT2D eigenvalue weighted by molar-refractivity contribution is -0.384. The molecule has 10 nitrogen and oxygen atoms in total. The highest BCUT2D eigenvalue weighted by atomic mass is 16.6. The van der Waals surface area contributed by atoms with E-state index < -0.39 is 10.8 Å². The van der Waals surface area contributed by atoms with Gasteiger partial charge in [0.05, 0.1) is 10.5 Å². The first-order chi connectivity index (χ1) is 14.9. The Morgan fingerprint density at radius 1 is 1.06 bits per heavy atom. The van der Waals surface area contributed by atoms with E-state index in [1.807, 2.05) is 17.9 Å². The highest BCUT2D eigenvalue weighted by Crippen LogP contribution is 2.25. The van der Waals surface area contributed by atoms with Crippen molar-refractivity contribution in [3.05, 3.63) is 70.0 Å². The Hall–Kier alpha value is -4.08. The van der Waals surface area contributed by atoms with Gasteiger partial charge in [0, 0.05) is 61.8 Å². The summed E-state index contributed by atoms with van der Waals surface area (Å²) in [4.78, 5) is 40.0. The number of benzene rings is 1. The third kappa shape index (κ3) is 4.27. The third-order valence-corrected chi connectivity index (χ3v) is 5.11. The molecule has 0 saturated carbocycles. The number of nitro groups is 1. The number of non-ortho nitro benzene ring substituents is 1. The summed E-state index contributed by atoms with van der Waals surface area (Å²) in [7, 11) is 0. The first-order valence-corrected chi connectivity index (χ1v) is 9.77. The number of aryl methyl sites for hydroxylation is 1. The smallest absolute Gasteiger partial charge is 0.270 e. The molecule has 3 aromatic rings. The van der Waals surface area contributed by atoms with Gasteiger partial charge in [-0.3, -0.25) is 14.9 Å². The van der Waals surface area contributed by atoms with Crippen LogP contribution in [0.4, 0.5) is 17.3 Å². The van der Waals surface area contributed by atoms with Gasteiger partial charge < -0.3 is 15.5 Å². The zero-order valence-corrected chi connectivity index (χ0v) is 16.9. The van der Waals surface area contributed by atoms with Gasteiger partial charge in [0.15, 0.2) is 5.82 Å². The standard InChI is InChI=1S/C21H21N7O3/c1-14-12-18(25-20(24-14)15-4-2-5-16(13-15)28(30)31)26-8-10-27(11-9-26)21-17(19(22)29)6-3-7-23-21/h2-7,12-13H,8-11H2,1H3,(H2,22,29). The molecule has 0 bridgehead atoms. The molecule has 1 aliphatic heterocycles. The number of rotatable bonds is 5. The van der Waals surface area contributed by atoms with Crippen LogP contribution in [0.15, 0.2) is 48.7 Å². The Balaban J connectivity index is 1.55. The largest absolute Gasteiger partial charge is 0.365 e. The highest BCUT2D eigenvalue weighted by molar-refractivity contribution is 5.97. The summed E-state index contributed by atoms with van der Waals surface area (Å²) >= 11 is 0. The van der Waals surface area contributed by atoms with Gasteiger partial charge in [0.2, 0.25) is 0 Å². The summed E-state index contributed by atoms with van der Waals surface area (Å²) in [5, 5.41) is 11.1. The Kier molecular flexibility index (Phi) is 5.44. The van der Waals surface area contributed by atoms with Crippen LogP contribution < -0.4 is 15.5 Å². The van der Waals surface area contributed by atoms with Crippen molar-refractivity contribution >= 4 is 23.2 Å². The number of nitrogens with two attached hydrogens (primary N) is 1. The maximum Gasteiger partial charge on any atom is 0.270 e. The Labute approximate surface area is 178 Å². The lowest BCUT2D eigenvalue weighted by atomic mass is 10.2. The molecule has 1 aromatic carbocycles. The van der Waals surface area contributed by atoms with Crippen LogP contribution in [-0.4, -0.2) is 52.0 Å². The van der Waals surface area contributed by atoms with Gasteiger partial charge >= 0.3 is 0 Å². The number of hydrogen-bond donors (Lipinski definition) is 1. The number of carbonyl (C=O) groups excluding carboxylic acids is 1. The minimum Gasteiger partial charge on any atom is -0.365 e. The van der Waals surface area contributed by atoms with Crippen molar-refractivity contribution in [3.63, 3.8) is 0 Å². The van der Waals surface area contributed by atoms with E-state index in [1.54, 1.807) is 30.5 Å². The number of pyridine rings is 1. The minimum absolute atomic E-state index is 0.00149. The van der Waals surface area contributed by atoms with Gasteiger partial charge in [0.25, 0.3) is 11.6 Å². The molecule has 1 aliphatic rings. The minimum atomic E-state index is -0.501. The van der Waals surface area contributed by atoms with E-state index in [1.165, 1.54) is 12.1 Å². The van der Waals surface area contributed by atoms with Gasteiger partial charge in [-0.25, -0.2) is 15.0 Å². The van der Waals surface area contributed by atoms with Crippen molar-refractivity contribution in [1.82, 2.24) is 15.0 Å². The number of primary amides is 1. The van der Waals surface area contributed by atoms with Crippen LogP contribution in [-0.2, 0) is 0 Å². The molecule has 1 fully saturated rings. The molecule has 2 N–H and O–H groups in total. The number of nitrogens with zero attached hydrogens (tertiary/aromatic N) is 6. The van der Waals surface area contributed by atoms with Crippen LogP contribution in [0, 0.1) is 17.0 Å². The predicted molar refractivity (Wildman–Crippen MR) is 116 cm³/mol. The monoisotopic (exact) mass is 419 g/mol. The maximum atomic E-state index is 11.7. The quantitative estimate of drug-likeness (QED) is 0.492. The second-order valence-corrected chi connectivity index (χ2v) is 7.21. The van der Waals surface area contributed by atoms with Crippen molar-refractivity contribution in [3.8, 4) is 11.4 Å². The number of anilines is 2. The van der Waals surface area contributed by atoms with Crippen molar-refractivity contribution in [2.45, 2.75) is 6.92 Å². The summed E-state index contributed by atoms with van der Waals surface area (Å²) in [6.45, 7) is 4.49. The second kappa shape index (κ2) is 8.34. The van der Waals surface area contributed by atoms with E-state index in [0.29, 0.717) is 48.9 Å². The van der Waals surface area contributed by atoms with Gasteiger partial charge in [0.1, 0.15) is 11.6 Å². The van der Waals surface area contributed by atoms with Gasteiger partial charge in [-0.1, -0.05) is 12.1 Å². The molecule has 1 amide bonds. The summed E-state index contributed by atoms with van der Waals surface area (Å²) in [5.41, 5.74) is 7.25. The average Bonchev–Trinajstić information content (AvgIpc) is 2.79. The van der Waals surface area contributed by atoms with E-state index in [9.17, 15) is 14.9 Å². The fourth-order valence-corrected chi connectivity index (χ4v) is 3.59. The Morgan fingerprint density at radius 2 is 1.81 bits per heavy atom. The number of nitro benzene ring substituents is 1. The number of aromatic nitrogens is 3. The topological polar surface area (TPSA) is 131 Å². The zero-order chi connectivity index (χ0) is 22.0. The molecule has 0 spiro atoms. The first-order valence-electron chi connectivity index (χ1n) is 9.77. The van der Waals surface area contributed by atoms with Crippen LogP contribution in [0.3, 0.4) is 0 Å². The SMILES string of the molecule is Cc1cc(N2CCN(c3ncccc3C(N)=O)CC2)nc(-c2cccc([N+](=O)[O-])c2)n1. The normalized spacial score (nSPS) is 13.8. The number of hydrogen-bond acceptors (Lipinski definition) is 8. The van der Waals surface area contributed by atoms with Crippen LogP contribution in [0.2, 0.25) is 0 Å². The molecule has 4 rings (SSSR count). The lowest BCUT2D eigenvalue weighted by Gasteiger charge is -2.36. The Bertz CT molecular complexity index is 1140. The summed E-state index contributed by atoms with van der Waals surface area (Å²) < 4.78 is 0. The van der Waals surface area contributed by atoms with Crippen molar-refractivity contribution in [2.24, 2.45) is 5.73 Å². The fourth-order valence-electron chi connectivity index (χ4n) is 3.59. The molecule has 0 unspecified atom stereocenters. The number of amides is 1. The van der Waals surface area contributed by atoms with Crippen LogP contribution in [0.25, 0.3) is 11.4 Å². The number of carbonyl (C=O) groups is 1. The predicted octanol–water partition coefficient (Wildman–Crippen LogP) is 2.18. The molecule has 31 heavy (non-hydrogen) atoms. The molecule has 0 radical (unpaired) electrons. The number of piperazine rings is 1. The fraction of sp³-hybridized carbons (Fsp3) is 0.238. The van der Waals surface area contributed by atoms with E-state index in [4.69, 9.17) is 5.73 Å². The molecule has 158 valence electrons. The summed E-state index contributed by atoms with van der Waals surface area (Å²) in [5.74, 6) is 1.29. The second-order valence-electron chi connectivity index (χ2n) is 7.21. The summed E-state index contributed by atoms with van der Waals surface area (Å²) in [6.07, 6.45) is 1.65. The lowest BCUT2D eigenvalue weighted by Crippen LogP contribution is -2.47. The molecule has 2 aromatic heterocycles. The van der Waals surface area contributed by atoms with Gasteiger partial charge in [-0.05, 0) is 19.1 Å². The highest BCUT2D eigenvalue weighted by Gasteiger charge is 2.23. The van der Waals surface area contributed by atoms with Gasteiger partial charge in [-0.2, -0.15) is 0 Å². The Morgan fingerprint density at radius 3 is 2.52 bits per heavy atom. The summed E-state index contributed by atoms with van der Waals surface area (Å²) in [6, 6.07) is 11.6. The zero-order valence-electron chi connectivity index (χ0n) is 16.9. The van der Waals surface area contributed by atoms with Crippen LogP contribution >= 0.6 is 0 Å². The van der Waals surface area contributed by atoms with Crippen molar-refractivity contribution < 1.29 is 9.72 Å². The molecule has 3 heterocycles. The average molecular weight is 419 g/mol. The molecular formula is C21H21N7O3. The first kappa shape index (κ1) is 20.2. The molecule has 0 atom stereocenters.